The summed E-state index contributed by atoms with van der Waals surface area (Å²) in [6.07, 6.45) is 0.983. The number of carbonyl (C=O) groups excluding carboxylic acids is 1. The van der Waals surface area contributed by atoms with Crippen LogP contribution in [0.5, 0.6) is 0 Å². The Balaban J connectivity index is 2.99. The number of nitro benzene ring substituents is 1. The number of anilines is 1. The van der Waals surface area contributed by atoms with Crippen molar-refractivity contribution in [1.82, 2.24) is 5.32 Å². The number of amides is 1. The van der Waals surface area contributed by atoms with E-state index in [-0.39, 0.29) is 11.6 Å². The molecule has 110 valence electrons. The van der Waals surface area contributed by atoms with Crippen molar-refractivity contribution in [2.75, 3.05) is 18.4 Å². The van der Waals surface area contributed by atoms with Gasteiger partial charge in [0.2, 0.25) is 0 Å². The normalized spacial score (nSPS) is 11.8. The molecule has 0 radical (unpaired) electrons. The van der Waals surface area contributed by atoms with Crippen LogP contribution >= 0.6 is 0 Å². The number of nitrogens with zero attached hydrogens (tertiary/aromatic N) is 1. The summed E-state index contributed by atoms with van der Waals surface area (Å²) in [5.74, 6) is 0.178. The molecule has 20 heavy (non-hydrogen) atoms. The average Bonchev–Trinajstić information content (AvgIpc) is 2.44. The van der Waals surface area contributed by atoms with Gasteiger partial charge in [0, 0.05) is 24.7 Å². The van der Waals surface area contributed by atoms with Crippen molar-refractivity contribution in [3.8, 4) is 0 Å². The minimum atomic E-state index is -0.444. The number of nitrogens with one attached hydrogen (secondary N) is 2. The lowest BCUT2D eigenvalue weighted by Gasteiger charge is -2.12. The zero-order chi connectivity index (χ0) is 15.1. The quantitative estimate of drug-likeness (QED) is 0.593. The first-order valence-corrected chi connectivity index (χ1v) is 6.80. The van der Waals surface area contributed by atoms with Crippen LogP contribution in [0.25, 0.3) is 0 Å². The van der Waals surface area contributed by atoms with Gasteiger partial charge in [-0.25, -0.2) is 0 Å². The van der Waals surface area contributed by atoms with Gasteiger partial charge in [-0.15, -0.1) is 0 Å². The maximum atomic E-state index is 11.8. The van der Waals surface area contributed by atoms with Crippen molar-refractivity contribution in [3.05, 3.63) is 33.9 Å². The average molecular weight is 279 g/mol. The highest BCUT2D eigenvalue weighted by atomic mass is 16.6. The maximum Gasteiger partial charge on any atom is 0.292 e. The van der Waals surface area contributed by atoms with Gasteiger partial charge in [-0.3, -0.25) is 14.9 Å². The molecule has 0 saturated heterocycles. The summed E-state index contributed by atoms with van der Waals surface area (Å²) in [6.45, 7) is 7.10. The van der Waals surface area contributed by atoms with E-state index < -0.39 is 4.92 Å². The minimum absolute atomic E-state index is 0.0126. The van der Waals surface area contributed by atoms with Crippen LogP contribution in [0.4, 0.5) is 11.4 Å². The number of nitro groups is 1. The van der Waals surface area contributed by atoms with Crippen LogP contribution < -0.4 is 10.6 Å². The van der Waals surface area contributed by atoms with E-state index in [1.807, 2.05) is 6.92 Å². The van der Waals surface area contributed by atoms with Gasteiger partial charge in [-0.1, -0.05) is 20.3 Å². The van der Waals surface area contributed by atoms with Crippen molar-refractivity contribution in [3.63, 3.8) is 0 Å². The van der Waals surface area contributed by atoms with Gasteiger partial charge in [0.1, 0.15) is 5.69 Å². The van der Waals surface area contributed by atoms with Gasteiger partial charge in [-0.05, 0) is 25.0 Å². The Hall–Kier alpha value is -2.11. The molecule has 0 aliphatic heterocycles. The van der Waals surface area contributed by atoms with Crippen molar-refractivity contribution in [2.45, 2.75) is 27.2 Å². The van der Waals surface area contributed by atoms with Crippen LogP contribution in [0, 0.1) is 16.0 Å². The monoisotopic (exact) mass is 279 g/mol. The fourth-order valence-corrected chi connectivity index (χ4v) is 1.67. The summed E-state index contributed by atoms with van der Waals surface area (Å²) in [5.41, 5.74) is 0.796. The number of hydrogen-bond acceptors (Lipinski definition) is 4. The fourth-order valence-electron chi connectivity index (χ4n) is 1.67. The van der Waals surface area contributed by atoms with Crippen LogP contribution in [0.2, 0.25) is 0 Å². The largest absolute Gasteiger partial charge is 0.379 e. The Kier molecular flexibility index (Phi) is 5.96. The predicted molar refractivity (Wildman–Crippen MR) is 79.0 cm³/mol. The van der Waals surface area contributed by atoms with E-state index in [0.717, 1.165) is 6.42 Å². The summed E-state index contributed by atoms with van der Waals surface area (Å²) in [6, 6.07) is 4.37. The van der Waals surface area contributed by atoms with Crippen LogP contribution in [-0.4, -0.2) is 23.9 Å². The highest BCUT2D eigenvalue weighted by Gasteiger charge is 2.16. The molecule has 0 aromatic heterocycles. The topological polar surface area (TPSA) is 84.3 Å². The van der Waals surface area contributed by atoms with Crippen LogP contribution in [0.3, 0.4) is 0 Å². The zero-order valence-electron chi connectivity index (χ0n) is 12.1. The zero-order valence-corrected chi connectivity index (χ0v) is 12.1. The summed E-state index contributed by atoms with van der Waals surface area (Å²) in [4.78, 5) is 22.3. The summed E-state index contributed by atoms with van der Waals surface area (Å²) in [7, 11) is 0. The second kappa shape index (κ2) is 7.47. The lowest BCUT2D eigenvalue weighted by atomic mass is 10.1. The Bertz CT molecular complexity index is 489. The van der Waals surface area contributed by atoms with E-state index in [9.17, 15) is 14.9 Å². The van der Waals surface area contributed by atoms with Crippen molar-refractivity contribution in [1.29, 1.82) is 0 Å². The molecule has 0 heterocycles. The number of hydrogen-bond donors (Lipinski definition) is 2. The first kappa shape index (κ1) is 15.9. The van der Waals surface area contributed by atoms with E-state index in [1.165, 1.54) is 18.2 Å². The number of carbonyl (C=O) groups is 1. The van der Waals surface area contributed by atoms with Gasteiger partial charge in [-0.2, -0.15) is 0 Å². The second-order valence-electron chi connectivity index (χ2n) is 4.74. The van der Waals surface area contributed by atoms with Crippen LogP contribution in [0.15, 0.2) is 18.2 Å². The van der Waals surface area contributed by atoms with Crippen LogP contribution in [-0.2, 0) is 0 Å². The Morgan fingerprint density at radius 3 is 2.65 bits per heavy atom. The molecule has 1 unspecified atom stereocenters. The first-order valence-electron chi connectivity index (χ1n) is 6.80. The molecule has 0 aliphatic rings. The van der Waals surface area contributed by atoms with Crippen molar-refractivity contribution in [2.24, 2.45) is 5.92 Å². The van der Waals surface area contributed by atoms with Gasteiger partial charge in [0.25, 0.3) is 11.6 Å². The third-order valence-electron chi connectivity index (χ3n) is 3.13. The van der Waals surface area contributed by atoms with E-state index in [0.29, 0.717) is 30.3 Å². The molecule has 1 aromatic rings. The molecule has 1 aromatic carbocycles. The molecule has 1 atom stereocenters. The molecular formula is C14H21N3O3. The lowest BCUT2D eigenvalue weighted by molar-refractivity contribution is -0.384. The molecular weight excluding hydrogens is 258 g/mol. The molecule has 1 rings (SSSR count). The second-order valence-corrected chi connectivity index (χ2v) is 4.74. The third-order valence-corrected chi connectivity index (χ3v) is 3.13. The van der Waals surface area contributed by atoms with Gasteiger partial charge >= 0.3 is 0 Å². The molecule has 2 N–H and O–H groups in total. The molecule has 1 amide bonds. The Morgan fingerprint density at radius 1 is 1.40 bits per heavy atom. The highest BCUT2D eigenvalue weighted by molar-refractivity contribution is 5.95. The van der Waals surface area contributed by atoms with E-state index in [4.69, 9.17) is 0 Å². The SMILES string of the molecule is CCNC(=O)c1ccc([N+](=O)[O-])c(NCC(C)CC)c1. The molecule has 0 bridgehead atoms. The van der Waals surface area contributed by atoms with Crippen LogP contribution in [0.1, 0.15) is 37.6 Å². The summed E-state index contributed by atoms with van der Waals surface area (Å²) < 4.78 is 0. The van der Waals surface area contributed by atoms with Crippen molar-refractivity contribution >= 4 is 17.3 Å². The lowest BCUT2D eigenvalue weighted by Crippen LogP contribution is -2.23. The summed E-state index contributed by atoms with van der Waals surface area (Å²) in [5, 5.41) is 16.7. The smallest absolute Gasteiger partial charge is 0.292 e. The fraction of sp³-hybridized carbons (Fsp3) is 0.500. The Morgan fingerprint density at radius 2 is 2.10 bits per heavy atom. The maximum absolute atomic E-state index is 11.8. The molecule has 6 heteroatoms. The standard InChI is InChI=1S/C14H21N3O3/c1-4-10(3)9-16-12-8-11(14(18)15-5-2)6-7-13(12)17(19)20/h6-8,10,16H,4-5,9H2,1-3H3,(H,15,18). The molecule has 0 fully saturated rings. The van der Waals surface area contributed by atoms with E-state index >= 15 is 0 Å². The molecule has 0 spiro atoms. The third kappa shape index (κ3) is 4.22. The van der Waals surface area contributed by atoms with E-state index in [2.05, 4.69) is 24.5 Å². The molecule has 0 aliphatic carbocycles. The summed E-state index contributed by atoms with van der Waals surface area (Å²) >= 11 is 0. The van der Waals surface area contributed by atoms with E-state index in [1.54, 1.807) is 0 Å². The predicted octanol–water partition coefficient (Wildman–Crippen LogP) is 2.80. The molecule has 6 nitrogen and oxygen atoms in total. The highest BCUT2D eigenvalue weighted by Crippen LogP contribution is 2.26. The van der Waals surface area contributed by atoms with Crippen molar-refractivity contribution < 1.29 is 9.72 Å². The van der Waals surface area contributed by atoms with Gasteiger partial charge < -0.3 is 10.6 Å². The Labute approximate surface area is 118 Å². The minimum Gasteiger partial charge on any atom is -0.379 e. The molecule has 0 saturated carbocycles. The number of benzene rings is 1. The first-order chi connectivity index (χ1) is 9.49. The number of rotatable bonds is 7. The van der Waals surface area contributed by atoms with Gasteiger partial charge in [0.15, 0.2) is 0 Å². The van der Waals surface area contributed by atoms with Gasteiger partial charge in [0.05, 0.1) is 4.92 Å².